The molecule has 2 aromatic rings. The van der Waals surface area contributed by atoms with E-state index < -0.39 is 0 Å². The molecule has 0 aromatic heterocycles. The zero-order valence-electron chi connectivity index (χ0n) is 15.1. The number of hydrogen-bond donors (Lipinski definition) is 3. The van der Waals surface area contributed by atoms with Crippen LogP contribution in [0.1, 0.15) is 31.4 Å². The van der Waals surface area contributed by atoms with Crippen LogP contribution in [-0.4, -0.2) is 11.8 Å². The summed E-state index contributed by atoms with van der Waals surface area (Å²) in [7, 11) is 0. The first-order chi connectivity index (χ1) is 12.0. The minimum absolute atomic E-state index is 0. The molecular formula is C20H26ClN3O2. The lowest BCUT2D eigenvalue weighted by atomic mass is 10.1. The standard InChI is InChI=1S/C20H25N3O2.ClH/c1-3-14(2)20(25)23-18-6-4-5-16(11-18)13-22-19(24)12-15-7-9-17(21)10-8-15;/h4-11,14H,3,12-13,21H2,1-2H3,(H,22,24)(H,23,25);1H. The van der Waals surface area contributed by atoms with Crippen molar-refractivity contribution in [2.45, 2.75) is 33.2 Å². The molecule has 1 atom stereocenters. The molecule has 0 aliphatic heterocycles. The normalized spacial score (nSPS) is 11.2. The predicted octanol–water partition coefficient (Wildman–Crippen LogP) is 3.53. The minimum atomic E-state index is -0.0567. The molecular weight excluding hydrogens is 350 g/mol. The van der Waals surface area contributed by atoms with Crippen molar-refractivity contribution >= 4 is 35.6 Å². The Morgan fingerprint density at radius 2 is 1.77 bits per heavy atom. The Labute approximate surface area is 160 Å². The molecule has 4 N–H and O–H groups in total. The molecule has 5 nitrogen and oxygen atoms in total. The van der Waals surface area contributed by atoms with Crippen LogP contribution in [0, 0.1) is 5.92 Å². The van der Waals surface area contributed by atoms with E-state index in [1.54, 1.807) is 12.1 Å². The average Bonchev–Trinajstić information content (AvgIpc) is 2.61. The summed E-state index contributed by atoms with van der Waals surface area (Å²) in [6.45, 7) is 4.30. The number of anilines is 2. The maximum Gasteiger partial charge on any atom is 0.227 e. The van der Waals surface area contributed by atoms with Crippen LogP contribution in [0.4, 0.5) is 11.4 Å². The van der Waals surface area contributed by atoms with Crippen molar-refractivity contribution in [1.29, 1.82) is 0 Å². The highest BCUT2D eigenvalue weighted by Gasteiger charge is 2.10. The lowest BCUT2D eigenvalue weighted by molar-refractivity contribution is -0.121. The van der Waals surface area contributed by atoms with Gasteiger partial charge in [-0.05, 0) is 41.8 Å². The van der Waals surface area contributed by atoms with E-state index in [-0.39, 0.29) is 30.1 Å². The molecule has 2 aromatic carbocycles. The van der Waals surface area contributed by atoms with Crippen molar-refractivity contribution in [2.24, 2.45) is 5.92 Å². The van der Waals surface area contributed by atoms with Crippen LogP contribution in [0.15, 0.2) is 48.5 Å². The van der Waals surface area contributed by atoms with Gasteiger partial charge in [-0.2, -0.15) is 0 Å². The zero-order valence-corrected chi connectivity index (χ0v) is 15.9. The van der Waals surface area contributed by atoms with Gasteiger partial charge in [0.25, 0.3) is 0 Å². The first-order valence-corrected chi connectivity index (χ1v) is 8.49. The highest BCUT2D eigenvalue weighted by atomic mass is 35.5. The first-order valence-electron chi connectivity index (χ1n) is 8.49. The molecule has 2 amide bonds. The van der Waals surface area contributed by atoms with Crippen molar-refractivity contribution in [3.8, 4) is 0 Å². The number of carbonyl (C=O) groups excluding carboxylic acids is 2. The van der Waals surface area contributed by atoms with E-state index in [1.165, 1.54) is 0 Å². The highest BCUT2D eigenvalue weighted by Crippen LogP contribution is 2.13. The van der Waals surface area contributed by atoms with Crippen LogP contribution >= 0.6 is 12.4 Å². The molecule has 6 heteroatoms. The Hall–Kier alpha value is -2.53. The van der Waals surface area contributed by atoms with E-state index in [2.05, 4.69) is 10.6 Å². The Bertz CT molecular complexity index is 732. The molecule has 26 heavy (non-hydrogen) atoms. The molecule has 1 unspecified atom stereocenters. The summed E-state index contributed by atoms with van der Waals surface area (Å²) in [4.78, 5) is 24.0. The quantitative estimate of drug-likeness (QED) is 0.647. The second-order valence-corrected chi connectivity index (χ2v) is 6.19. The first kappa shape index (κ1) is 21.5. The number of nitrogens with one attached hydrogen (secondary N) is 2. The maximum atomic E-state index is 12.0. The SMILES string of the molecule is CCC(C)C(=O)Nc1cccc(CNC(=O)Cc2ccc(N)cc2)c1.Cl. The number of benzene rings is 2. The molecule has 0 saturated carbocycles. The van der Waals surface area contributed by atoms with Gasteiger partial charge in [-0.25, -0.2) is 0 Å². The topological polar surface area (TPSA) is 84.2 Å². The minimum Gasteiger partial charge on any atom is -0.399 e. The van der Waals surface area contributed by atoms with Gasteiger partial charge in [0.15, 0.2) is 0 Å². The summed E-state index contributed by atoms with van der Waals surface area (Å²) in [5.41, 5.74) is 8.92. The monoisotopic (exact) mass is 375 g/mol. The molecule has 0 heterocycles. The Kier molecular flexibility index (Phi) is 8.65. The van der Waals surface area contributed by atoms with Gasteiger partial charge >= 0.3 is 0 Å². The lowest BCUT2D eigenvalue weighted by Gasteiger charge is -2.11. The predicted molar refractivity (Wildman–Crippen MR) is 108 cm³/mol. The molecule has 0 fully saturated rings. The smallest absolute Gasteiger partial charge is 0.227 e. The van der Waals surface area contributed by atoms with E-state index in [4.69, 9.17) is 5.73 Å². The summed E-state index contributed by atoms with van der Waals surface area (Å²) < 4.78 is 0. The Balaban J connectivity index is 0.00000338. The number of amides is 2. The highest BCUT2D eigenvalue weighted by molar-refractivity contribution is 5.92. The van der Waals surface area contributed by atoms with Gasteiger partial charge in [-0.3, -0.25) is 9.59 Å². The van der Waals surface area contributed by atoms with Crippen LogP contribution < -0.4 is 16.4 Å². The third-order valence-electron chi connectivity index (χ3n) is 4.09. The van der Waals surface area contributed by atoms with Crippen LogP contribution in [0.2, 0.25) is 0 Å². The fraction of sp³-hybridized carbons (Fsp3) is 0.300. The Morgan fingerprint density at radius 3 is 2.42 bits per heavy atom. The van der Waals surface area contributed by atoms with Gasteiger partial charge in [-0.15, -0.1) is 12.4 Å². The van der Waals surface area contributed by atoms with E-state index in [0.29, 0.717) is 18.7 Å². The number of nitrogens with two attached hydrogens (primary N) is 1. The van der Waals surface area contributed by atoms with Crippen LogP contribution in [0.25, 0.3) is 0 Å². The summed E-state index contributed by atoms with van der Waals surface area (Å²) in [6, 6.07) is 14.8. The van der Waals surface area contributed by atoms with E-state index in [0.717, 1.165) is 23.2 Å². The van der Waals surface area contributed by atoms with E-state index >= 15 is 0 Å². The summed E-state index contributed by atoms with van der Waals surface area (Å²) in [5.74, 6) is -0.0749. The lowest BCUT2D eigenvalue weighted by Crippen LogP contribution is -2.24. The van der Waals surface area contributed by atoms with Crippen molar-refractivity contribution in [3.63, 3.8) is 0 Å². The molecule has 0 aliphatic rings. The van der Waals surface area contributed by atoms with Gasteiger partial charge in [0.1, 0.15) is 0 Å². The van der Waals surface area contributed by atoms with Crippen molar-refractivity contribution in [1.82, 2.24) is 5.32 Å². The fourth-order valence-electron chi connectivity index (χ4n) is 2.29. The maximum absolute atomic E-state index is 12.0. The largest absolute Gasteiger partial charge is 0.399 e. The summed E-state index contributed by atoms with van der Waals surface area (Å²) >= 11 is 0. The molecule has 0 bridgehead atoms. The summed E-state index contributed by atoms with van der Waals surface area (Å²) in [5, 5.41) is 5.80. The number of halogens is 1. The molecule has 0 spiro atoms. The second kappa shape index (κ2) is 10.5. The van der Waals surface area contributed by atoms with Gasteiger partial charge < -0.3 is 16.4 Å². The Morgan fingerprint density at radius 1 is 1.08 bits per heavy atom. The number of rotatable bonds is 7. The van der Waals surface area contributed by atoms with Gasteiger partial charge in [0.05, 0.1) is 6.42 Å². The van der Waals surface area contributed by atoms with Crippen LogP contribution in [-0.2, 0) is 22.6 Å². The molecule has 0 aliphatic carbocycles. The third kappa shape index (κ3) is 6.76. The van der Waals surface area contributed by atoms with Gasteiger partial charge in [-0.1, -0.05) is 38.1 Å². The fourth-order valence-corrected chi connectivity index (χ4v) is 2.29. The van der Waals surface area contributed by atoms with E-state index in [1.807, 2.05) is 50.2 Å². The third-order valence-corrected chi connectivity index (χ3v) is 4.09. The zero-order chi connectivity index (χ0) is 18.2. The number of hydrogen-bond acceptors (Lipinski definition) is 3. The van der Waals surface area contributed by atoms with Gasteiger partial charge in [0, 0.05) is 23.8 Å². The molecule has 0 radical (unpaired) electrons. The average molecular weight is 376 g/mol. The molecule has 0 saturated heterocycles. The van der Waals surface area contributed by atoms with Crippen molar-refractivity contribution < 1.29 is 9.59 Å². The number of nitrogen functional groups attached to an aromatic ring is 1. The number of carbonyl (C=O) groups is 2. The van der Waals surface area contributed by atoms with Gasteiger partial charge in [0.2, 0.25) is 11.8 Å². The van der Waals surface area contributed by atoms with Crippen molar-refractivity contribution in [3.05, 3.63) is 59.7 Å². The molecule has 140 valence electrons. The molecule has 2 rings (SSSR count). The second-order valence-electron chi connectivity index (χ2n) is 6.19. The van der Waals surface area contributed by atoms with Crippen LogP contribution in [0.5, 0.6) is 0 Å². The van der Waals surface area contributed by atoms with E-state index in [9.17, 15) is 9.59 Å². The summed E-state index contributed by atoms with van der Waals surface area (Å²) in [6.07, 6.45) is 1.11. The van der Waals surface area contributed by atoms with Crippen LogP contribution in [0.3, 0.4) is 0 Å². The van der Waals surface area contributed by atoms with Crippen molar-refractivity contribution in [2.75, 3.05) is 11.1 Å².